The molecule has 6 heteroatoms. The van der Waals surface area contributed by atoms with E-state index >= 15 is 0 Å². The number of hydrogen-bond acceptors (Lipinski definition) is 4. The summed E-state index contributed by atoms with van der Waals surface area (Å²) in [4.78, 5) is 0. The van der Waals surface area contributed by atoms with E-state index in [4.69, 9.17) is 27.9 Å². The topological polar surface area (TPSA) is 69.9 Å². The maximum atomic E-state index is 10.0. The molecule has 0 aromatic heterocycles. The van der Waals surface area contributed by atoms with Crippen LogP contribution in [-0.4, -0.2) is 40.2 Å². The second-order valence-electron chi connectivity index (χ2n) is 5.60. The van der Waals surface area contributed by atoms with Crippen molar-refractivity contribution in [3.63, 3.8) is 0 Å². The standard InChI is InChI=1S/C18H20Cl2O4/c19-14-5-1-12(2-6-14)9-16(21)18(23)17(22)11-24-10-13-3-7-15(20)8-4-13/h1-8,16-18,21-23H,9-11H2/t16?,17-,18-/m0/s1. The average Bonchev–Trinajstić information content (AvgIpc) is 2.58. The highest BCUT2D eigenvalue weighted by Gasteiger charge is 2.25. The van der Waals surface area contributed by atoms with E-state index < -0.39 is 18.3 Å². The monoisotopic (exact) mass is 370 g/mol. The lowest BCUT2D eigenvalue weighted by atomic mass is 10.0. The van der Waals surface area contributed by atoms with Gasteiger partial charge in [0.1, 0.15) is 12.2 Å². The van der Waals surface area contributed by atoms with Crippen molar-refractivity contribution in [1.29, 1.82) is 0 Å². The molecule has 0 bridgehead atoms. The number of hydrogen-bond donors (Lipinski definition) is 3. The van der Waals surface area contributed by atoms with Gasteiger partial charge in [0.15, 0.2) is 0 Å². The zero-order chi connectivity index (χ0) is 17.5. The lowest BCUT2D eigenvalue weighted by Gasteiger charge is -2.23. The summed E-state index contributed by atoms with van der Waals surface area (Å²) < 4.78 is 5.38. The van der Waals surface area contributed by atoms with Gasteiger partial charge in [-0.05, 0) is 35.4 Å². The van der Waals surface area contributed by atoms with Crippen LogP contribution in [0.2, 0.25) is 10.0 Å². The smallest absolute Gasteiger partial charge is 0.108 e. The highest BCUT2D eigenvalue weighted by atomic mass is 35.5. The summed E-state index contributed by atoms with van der Waals surface area (Å²) in [5.41, 5.74) is 1.73. The molecule has 130 valence electrons. The SMILES string of the molecule is OC(Cc1ccc(Cl)cc1)[C@H](O)[C@@H](O)COCc1ccc(Cl)cc1. The third-order valence-corrected chi connectivity index (χ3v) is 4.12. The van der Waals surface area contributed by atoms with Crippen LogP contribution >= 0.6 is 23.2 Å². The molecule has 3 atom stereocenters. The fraction of sp³-hybridized carbons (Fsp3) is 0.333. The Labute approximate surface area is 151 Å². The van der Waals surface area contributed by atoms with Gasteiger partial charge >= 0.3 is 0 Å². The predicted octanol–water partition coefficient (Wildman–Crippen LogP) is 2.84. The molecule has 0 aliphatic rings. The maximum Gasteiger partial charge on any atom is 0.108 e. The van der Waals surface area contributed by atoms with Crippen molar-refractivity contribution < 1.29 is 20.1 Å². The van der Waals surface area contributed by atoms with Gasteiger partial charge in [0.25, 0.3) is 0 Å². The molecule has 0 amide bonds. The highest BCUT2D eigenvalue weighted by Crippen LogP contribution is 2.14. The number of halogens is 2. The molecule has 0 aliphatic heterocycles. The van der Waals surface area contributed by atoms with Crippen molar-refractivity contribution in [1.82, 2.24) is 0 Å². The zero-order valence-corrected chi connectivity index (χ0v) is 14.5. The first-order valence-electron chi connectivity index (χ1n) is 7.56. The zero-order valence-electron chi connectivity index (χ0n) is 13.0. The summed E-state index contributed by atoms with van der Waals surface area (Å²) in [6.07, 6.45) is -3.36. The van der Waals surface area contributed by atoms with E-state index in [-0.39, 0.29) is 19.6 Å². The second kappa shape index (κ2) is 9.37. The molecule has 0 aliphatic carbocycles. The van der Waals surface area contributed by atoms with Crippen LogP contribution in [0.3, 0.4) is 0 Å². The van der Waals surface area contributed by atoms with Gasteiger partial charge < -0.3 is 20.1 Å². The van der Waals surface area contributed by atoms with Gasteiger partial charge in [-0.3, -0.25) is 0 Å². The van der Waals surface area contributed by atoms with E-state index in [1.165, 1.54) is 0 Å². The fourth-order valence-corrected chi connectivity index (χ4v) is 2.47. The molecule has 0 saturated heterocycles. The van der Waals surface area contributed by atoms with Crippen LogP contribution in [0.4, 0.5) is 0 Å². The van der Waals surface area contributed by atoms with E-state index in [1.54, 1.807) is 36.4 Å². The van der Waals surface area contributed by atoms with Crippen LogP contribution in [0.5, 0.6) is 0 Å². The number of rotatable bonds is 8. The van der Waals surface area contributed by atoms with E-state index in [0.29, 0.717) is 10.0 Å². The second-order valence-corrected chi connectivity index (χ2v) is 6.47. The van der Waals surface area contributed by atoms with Gasteiger partial charge in [0.05, 0.1) is 19.3 Å². The van der Waals surface area contributed by atoms with E-state index in [1.807, 2.05) is 12.1 Å². The third kappa shape index (κ3) is 6.06. The van der Waals surface area contributed by atoms with Crippen molar-refractivity contribution in [3.8, 4) is 0 Å². The number of aliphatic hydroxyl groups is 3. The quantitative estimate of drug-likeness (QED) is 0.668. The van der Waals surface area contributed by atoms with Crippen molar-refractivity contribution in [3.05, 3.63) is 69.7 Å². The van der Waals surface area contributed by atoms with Gasteiger partial charge in [-0.2, -0.15) is 0 Å². The Morgan fingerprint density at radius 2 is 1.25 bits per heavy atom. The fourth-order valence-electron chi connectivity index (χ4n) is 2.22. The molecule has 0 saturated carbocycles. The molecule has 24 heavy (non-hydrogen) atoms. The Hall–Kier alpha value is -1.14. The van der Waals surface area contributed by atoms with E-state index in [2.05, 4.69) is 0 Å². The lowest BCUT2D eigenvalue weighted by Crippen LogP contribution is -2.41. The number of aliphatic hydroxyl groups excluding tert-OH is 3. The Morgan fingerprint density at radius 1 is 0.750 bits per heavy atom. The Bertz CT molecular complexity index is 616. The van der Waals surface area contributed by atoms with Crippen LogP contribution in [0, 0.1) is 0 Å². The van der Waals surface area contributed by atoms with Gasteiger partial charge in [-0.15, -0.1) is 0 Å². The van der Waals surface area contributed by atoms with Crippen molar-refractivity contribution >= 4 is 23.2 Å². The first kappa shape index (κ1) is 19.2. The van der Waals surface area contributed by atoms with Crippen LogP contribution in [0.1, 0.15) is 11.1 Å². The Balaban J connectivity index is 1.76. The minimum atomic E-state index is -1.30. The van der Waals surface area contributed by atoms with Crippen molar-refractivity contribution in [2.24, 2.45) is 0 Å². The van der Waals surface area contributed by atoms with E-state index in [0.717, 1.165) is 11.1 Å². The largest absolute Gasteiger partial charge is 0.390 e. The number of ether oxygens (including phenoxy) is 1. The third-order valence-electron chi connectivity index (χ3n) is 3.62. The van der Waals surface area contributed by atoms with Gasteiger partial charge in [-0.1, -0.05) is 47.5 Å². The van der Waals surface area contributed by atoms with Gasteiger partial charge in [0, 0.05) is 16.5 Å². The summed E-state index contributed by atoms with van der Waals surface area (Å²) in [6, 6.07) is 14.1. The minimum Gasteiger partial charge on any atom is -0.390 e. The van der Waals surface area contributed by atoms with Crippen molar-refractivity contribution in [2.45, 2.75) is 31.3 Å². The predicted molar refractivity (Wildman–Crippen MR) is 94.3 cm³/mol. The first-order valence-corrected chi connectivity index (χ1v) is 8.32. The Kier molecular flexibility index (Phi) is 7.49. The first-order chi connectivity index (χ1) is 11.5. The highest BCUT2D eigenvalue weighted by molar-refractivity contribution is 6.30. The number of benzene rings is 2. The molecule has 2 aromatic rings. The molecule has 3 N–H and O–H groups in total. The average molecular weight is 371 g/mol. The van der Waals surface area contributed by atoms with E-state index in [9.17, 15) is 15.3 Å². The molecular weight excluding hydrogens is 351 g/mol. The molecule has 0 spiro atoms. The summed E-state index contributed by atoms with van der Waals surface area (Å²) in [7, 11) is 0. The molecular formula is C18H20Cl2O4. The summed E-state index contributed by atoms with van der Waals surface area (Å²) >= 11 is 11.6. The Morgan fingerprint density at radius 3 is 1.79 bits per heavy atom. The minimum absolute atomic E-state index is 0.0819. The van der Waals surface area contributed by atoms with Crippen LogP contribution < -0.4 is 0 Å². The lowest BCUT2D eigenvalue weighted by molar-refractivity contribution is -0.0896. The summed E-state index contributed by atoms with van der Waals surface area (Å²) in [5, 5.41) is 31.3. The molecule has 1 unspecified atom stereocenters. The van der Waals surface area contributed by atoms with Crippen LogP contribution in [-0.2, 0) is 17.8 Å². The van der Waals surface area contributed by atoms with Gasteiger partial charge in [0.2, 0.25) is 0 Å². The van der Waals surface area contributed by atoms with Crippen molar-refractivity contribution in [2.75, 3.05) is 6.61 Å². The molecule has 4 nitrogen and oxygen atoms in total. The van der Waals surface area contributed by atoms with Crippen LogP contribution in [0.15, 0.2) is 48.5 Å². The maximum absolute atomic E-state index is 10.0. The molecule has 0 fully saturated rings. The molecule has 2 aromatic carbocycles. The summed E-state index contributed by atoms with van der Waals surface area (Å²) in [5.74, 6) is 0. The van der Waals surface area contributed by atoms with Gasteiger partial charge in [-0.25, -0.2) is 0 Å². The van der Waals surface area contributed by atoms with Crippen LogP contribution in [0.25, 0.3) is 0 Å². The molecule has 0 radical (unpaired) electrons. The normalized spacial score (nSPS) is 15.0. The molecule has 0 heterocycles. The molecule has 2 rings (SSSR count). The summed E-state index contributed by atoms with van der Waals surface area (Å²) in [6.45, 7) is 0.204.